The van der Waals surface area contributed by atoms with Gasteiger partial charge in [0, 0.05) is 0 Å². The Labute approximate surface area is 70.7 Å². The average Bonchev–Trinajstić information content (AvgIpc) is 2.10. The SMILES string of the molecule is CCC=C(CN=C=O)CN=C=O. The molecule has 0 aromatic carbocycles. The lowest BCUT2D eigenvalue weighted by Gasteiger charge is -1.95. The number of hydrogen-bond donors (Lipinski definition) is 0. The summed E-state index contributed by atoms with van der Waals surface area (Å²) in [7, 11) is 0. The number of allylic oxidation sites excluding steroid dienone is 1. The predicted molar refractivity (Wildman–Crippen MR) is 44.4 cm³/mol. The van der Waals surface area contributed by atoms with Crippen LogP contribution in [0.1, 0.15) is 13.3 Å². The highest BCUT2D eigenvalue weighted by atomic mass is 16.1. The molecule has 0 atom stereocenters. The second kappa shape index (κ2) is 7.61. The molecule has 4 nitrogen and oxygen atoms in total. The van der Waals surface area contributed by atoms with Crippen molar-refractivity contribution in [3.05, 3.63) is 11.6 Å². The number of isocyanates is 2. The van der Waals surface area contributed by atoms with Crippen LogP contribution in [0.15, 0.2) is 21.6 Å². The van der Waals surface area contributed by atoms with Crippen LogP contribution in [0.25, 0.3) is 0 Å². The lowest BCUT2D eigenvalue weighted by Crippen LogP contribution is -1.93. The van der Waals surface area contributed by atoms with Gasteiger partial charge in [0.05, 0.1) is 13.1 Å². The number of carbonyl (C=O) groups excluding carboxylic acids is 2. The molecule has 0 aromatic rings. The molecule has 0 N–H and O–H groups in total. The van der Waals surface area contributed by atoms with Crippen LogP contribution in [-0.2, 0) is 9.59 Å². The van der Waals surface area contributed by atoms with Gasteiger partial charge in [-0.25, -0.2) is 19.6 Å². The van der Waals surface area contributed by atoms with Gasteiger partial charge in [0.1, 0.15) is 0 Å². The van der Waals surface area contributed by atoms with Crippen LogP contribution in [0.5, 0.6) is 0 Å². The van der Waals surface area contributed by atoms with E-state index in [0.29, 0.717) is 0 Å². The Morgan fingerprint density at radius 2 is 1.75 bits per heavy atom. The molecule has 4 heteroatoms. The topological polar surface area (TPSA) is 58.9 Å². The van der Waals surface area contributed by atoms with Gasteiger partial charge in [-0.05, 0) is 12.0 Å². The first kappa shape index (κ1) is 10.5. The zero-order chi connectivity index (χ0) is 9.23. The predicted octanol–water partition coefficient (Wildman–Crippen LogP) is 0.994. The van der Waals surface area contributed by atoms with E-state index >= 15 is 0 Å². The van der Waals surface area contributed by atoms with Crippen molar-refractivity contribution in [3.8, 4) is 0 Å². The van der Waals surface area contributed by atoms with E-state index in [0.717, 1.165) is 12.0 Å². The fourth-order valence-corrected chi connectivity index (χ4v) is 0.735. The van der Waals surface area contributed by atoms with Crippen LogP contribution < -0.4 is 0 Å². The molecular weight excluding hydrogens is 156 g/mol. The summed E-state index contributed by atoms with van der Waals surface area (Å²) in [5.41, 5.74) is 0.837. The summed E-state index contributed by atoms with van der Waals surface area (Å²) in [5, 5.41) is 0. The monoisotopic (exact) mass is 166 g/mol. The van der Waals surface area contributed by atoms with Crippen LogP contribution in [0, 0.1) is 0 Å². The molecule has 0 spiro atoms. The standard InChI is InChI=1S/C8H10N2O2/c1-2-3-8(4-9-6-11)5-10-7-12/h3H,2,4-5H2,1H3. The third-order valence-electron chi connectivity index (χ3n) is 1.19. The van der Waals surface area contributed by atoms with E-state index in [1.807, 2.05) is 13.0 Å². The molecule has 0 aliphatic heterocycles. The molecule has 0 bridgehead atoms. The van der Waals surface area contributed by atoms with Crippen molar-refractivity contribution in [1.29, 1.82) is 0 Å². The second-order valence-corrected chi connectivity index (χ2v) is 2.09. The first-order chi connectivity index (χ1) is 5.85. The third kappa shape index (κ3) is 5.30. The molecule has 0 rings (SSSR count). The minimum atomic E-state index is 0.266. The molecule has 64 valence electrons. The zero-order valence-electron chi connectivity index (χ0n) is 6.91. The minimum absolute atomic E-state index is 0.266. The summed E-state index contributed by atoms with van der Waals surface area (Å²) in [5.74, 6) is 0. The fraction of sp³-hybridized carbons (Fsp3) is 0.500. The largest absolute Gasteiger partial charge is 0.235 e. The van der Waals surface area contributed by atoms with E-state index in [9.17, 15) is 9.59 Å². The van der Waals surface area contributed by atoms with Gasteiger partial charge in [0.2, 0.25) is 12.2 Å². The van der Waals surface area contributed by atoms with Gasteiger partial charge in [-0.1, -0.05) is 13.0 Å². The van der Waals surface area contributed by atoms with E-state index in [1.165, 1.54) is 12.2 Å². The maximum atomic E-state index is 9.76. The molecule has 12 heavy (non-hydrogen) atoms. The first-order valence-electron chi connectivity index (χ1n) is 3.60. The van der Waals surface area contributed by atoms with Gasteiger partial charge >= 0.3 is 0 Å². The Balaban J connectivity index is 4.12. The Hall–Kier alpha value is -1.50. The smallest absolute Gasteiger partial charge is 0.211 e. The van der Waals surface area contributed by atoms with Crippen molar-refractivity contribution < 1.29 is 9.59 Å². The van der Waals surface area contributed by atoms with Crippen LogP contribution in [0.2, 0.25) is 0 Å². The maximum absolute atomic E-state index is 9.76. The molecule has 0 radical (unpaired) electrons. The number of rotatable bonds is 5. The fourth-order valence-electron chi connectivity index (χ4n) is 0.735. The van der Waals surface area contributed by atoms with Crippen molar-refractivity contribution >= 4 is 12.2 Å². The highest BCUT2D eigenvalue weighted by Crippen LogP contribution is 1.97. The molecule has 0 saturated carbocycles. The third-order valence-corrected chi connectivity index (χ3v) is 1.19. The van der Waals surface area contributed by atoms with E-state index in [1.54, 1.807) is 0 Å². The molecule has 0 aliphatic carbocycles. The van der Waals surface area contributed by atoms with Gasteiger partial charge in [-0.2, -0.15) is 0 Å². The van der Waals surface area contributed by atoms with E-state index in [-0.39, 0.29) is 13.1 Å². The second-order valence-electron chi connectivity index (χ2n) is 2.09. The van der Waals surface area contributed by atoms with E-state index in [2.05, 4.69) is 9.98 Å². The van der Waals surface area contributed by atoms with E-state index in [4.69, 9.17) is 0 Å². The highest BCUT2D eigenvalue weighted by Gasteiger charge is 1.92. The normalized spacial score (nSPS) is 7.75. The van der Waals surface area contributed by atoms with Crippen LogP contribution in [0.3, 0.4) is 0 Å². The summed E-state index contributed by atoms with van der Waals surface area (Å²) >= 11 is 0. The Kier molecular flexibility index (Phi) is 6.65. The van der Waals surface area contributed by atoms with Crippen LogP contribution in [0.4, 0.5) is 0 Å². The summed E-state index contributed by atoms with van der Waals surface area (Å²) < 4.78 is 0. The first-order valence-corrected chi connectivity index (χ1v) is 3.60. The molecule has 0 amide bonds. The van der Waals surface area contributed by atoms with Crippen LogP contribution >= 0.6 is 0 Å². The van der Waals surface area contributed by atoms with Gasteiger partial charge in [0.25, 0.3) is 0 Å². The summed E-state index contributed by atoms with van der Waals surface area (Å²) in [6.45, 7) is 2.49. The quantitative estimate of drug-likeness (QED) is 0.347. The molecule has 0 unspecified atom stereocenters. The van der Waals surface area contributed by atoms with Crippen molar-refractivity contribution in [1.82, 2.24) is 0 Å². The van der Waals surface area contributed by atoms with Gasteiger partial charge in [-0.3, -0.25) is 0 Å². The Bertz CT molecular complexity index is 224. The molecular formula is C8H10N2O2. The summed E-state index contributed by atoms with van der Waals surface area (Å²) in [6.07, 6.45) is 5.56. The minimum Gasteiger partial charge on any atom is -0.211 e. The van der Waals surface area contributed by atoms with Gasteiger partial charge in [-0.15, -0.1) is 0 Å². The molecule has 0 saturated heterocycles. The van der Waals surface area contributed by atoms with Gasteiger partial charge in [0.15, 0.2) is 0 Å². The van der Waals surface area contributed by atoms with Crippen molar-refractivity contribution in [2.45, 2.75) is 13.3 Å². The highest BCUT2D eigenvalue weighted by molar-refractivity contribution is 5.35. The summed E-state index contributed by atoms with van der Waals surface area (Å²) in [4.78, 5) is 26.3. The number of hydrogen-bond acceptors (Lipinski definition) is 4. The Morgan fingerprint density at radius 1 is 1.25 bits per heavy atom. The Morgan fingerprint density at radius 3 is 2.08 bits per heavy atom. The molecule has 0 aliphatic rings. The average molecular weight is 166 g/mol. The van der Waals surface area contributed by atoms with Crippen molar-refractivity contribution in [3.63, 3.8) is 0 Å². The number of aliphatic imine (C=N–C) groups is 2. The van der Waals surface area contributed by atoms with Gasteiger partial charge < -0.3 is 0 Å². The number of nitrogens with zero attached hydrogens (tertiary/aromatic N) is 2. The molecule has 0 aromatic heterocycles. The maximum Gasteiger partial charge on any atom is 0.235 e. The summed E-state index contributed by atoms with van der Waals surface area (Å²) in [6, 6.07) is 0. The molecule has 0 heterocycles. The lowest BCUT2D eigenvalue weighted by molar-refractivity contribution is 0.563. The zero-order valence-corrected chi connectivity index (χ0v) is 6.91. The van der Waals surface area contributed by atoms with E-state index < -0.39 is 0 Å². The lowest BCUT2D eigenvalue weighted by atomic mass is 10.2. The van der Waals surface area contributed by atoms with Crippen molar-refractivity contribution in [2.24, 2.45) is 9.98 Å². The van der Waals surface area contributed by atoms with Crippen molar-refractivity contribution in [2.75, 3.05) is 13.1 Å². The van der Waals surface area contributed by atoms with Crippen LogP contribution in [-0.4, -0.2) is 25.2 Å². The molecule has 0 fully saturated rings.